The molecule has 2 aromatic carbocycles. The van der Waals surface area contributed by atoms with Crippen molar-refractivity contribution in [3.8, 4) is 11.3 Å². The molecule has 0 aliphatic carbocycles. The second kappa shape index (κ2) is 7.70. The van der Waals surface area contributed by atoms with Gasteiger partial charge in [-0.1, -0.05) is 24.3 Å². The van der Waals surface area contributed by atoms with Crippen LogP contribution in [0.25, 0.3) is 17.4 Å². The molecular formula is C21H18N2O4. The van der Waals surface area contributed by atoms with Gasteiger partial charge >= 0.3 is 0 Å². The van der Waals surface area contributed by atoms with Gasteiger partial charge in [0.05, 0.1) is 10.5 Å². The number of aryl methyl sites for hydroxylation is 2. The summed E-state index contributed by atoms with van der Waals surface area (Å²) in [5, 5.41) is 14.0. The first-order valence-electron chi connectivity index (χ1n) is 8.34. The molecular weight excluding hydrogens is 344 g/mol. The van der Waals surface area contributed by atoms with Crippen molar-refractivity contribution in [1.29, 1.82) is 0 Å². The standard InChI is InChI=1S/C21H18N2O4/c1-14-7-8-15(2)18(13-14)22-21(24)12-10-16-9-11-20(27-16)17-5-3-4-6-19(17)23(25)26/h3-13H,1-2H3,(H,22,24)/b12-10+. The Morgan fingerprint density at radius 1 is 1.11 bits per heavy atom. The monoisotopic (exact) mass is 362 g/mol. The Morgan fingerprint density at radius 2 is 1.89 bits per heavy atom. The summed E-state index contributed by atoms with van der Waals surface area (Å²) < 4.78 is 5.63. The number of amides is 1. The molecule has 1 heterocycles. The van der Waals surface area contributed by atoms with E-state index in [2.05, 4.69) is 5.32 Å². The van der Waals surface area contributed by atoms with Crippen molar-refractivity contribution in [2.75, 3.05) is 5.32 Å². The molecule has 1 N–H and O–H groups in total. The molecule has 0 atom stereocenters. The average Bonchev–Trinajstić information content (AvgIpc) is 3.12. The SMILES string of the molecule is Cc1ccc(C)c(NC(=O)/C=C/c2ccc(-c3ccccc3[N+](=O)[O-])o2)c1. The Labute approximate surface area is 156 Å². The molecule has 1 aromatic heterocycles. The number of carbonyl (C=O) groups is 1. The average molecular weight is 362 g/mol. The molecule has 0 saturated heterocycles. The molecule has 0 aliphatic rings. The van der Waals surface area contributed by atoms with E-state index in [0.29, 0.717) is 17.1 Å². The maximum absolute atomic E-state index is 12.1. The molecule has 0 unspecified atom stereocenters. The number of nitro groups is 1. The zero-order chi connectivity index (χ0) is 19.4. The lowest BCUT2D eigenvalue weighted by Gasteiger charge is -2.07. The molecule has 0 spiro atoms. The number of benzene rings is 2. The predicted molar refractivity (Wildman–Crippen MR) is 104 cm³/mol. The van der Waals surface area contributed by atoms with Crippen molar-refractivity contribution in [3.05, 3.63) is 87.7 Å². The Kier molecular flexibility index (Phi) is 5.17. The summed E-state index contributed by atoms with van der Waals surface area (Å²) in [7, 11) is 0. The van der Waals surface area contributed by atoms with Gasteiger partial charge in [-0.2, -0.15) is 0 Å². The van der Waals surface area contributed by atoms with Crippen LogP contribution in [0, 0.1) is 24.0 Å². The van der Waals surface area contributed by atoms with Gasteiger partial charge in [-0.05, 0) is 55.3 Å². The van der Waals surface area contributed by atoms with Crippen LogP contribution >= 0.6 is 0 Å². The zero-order valence-electron chi connectivity index (χ0n) is 14.9. The number of hydrogen-bond acceptors (Lipinski definition) is 4. The Hall–Kier alpha value is -3.67. The second-order valence-corrected chi connectivity index (χ2v) is 6.12. The Bertz CT molecular complexity index is 1030. The summed E-state index contributed by atoms with van der Waals surface area (Å²) in [5.74, 6) is 0.517. The molecule has 0 aliphatic heterocycles. The highest BCUT2D eigenvalue weighted by molar-refractivity contribution is 6.02. The van der Waals surface area contributed by atoms with E-state index in [1.165, 1.54) is 18.2 Å². The number of hydrogen-bond donors (Lipinski definition) is 1. The number of anilines is 1. The Morgan fingerprint density at radius 3 is 2.67 bits per heavy atom. The highest BCUT2D eigenvalue weighted by Crippen LogP contribution is 2.31. The molecule has 0 bridgehead atoms. The minimum absolute atomic E-state index is 0.0324. The van der Waals surface area contributed by atoms with Gasteiger partial charge in [-0.15, -0.1) is 0 Å². The van der Waals surface area contributed by atoms with E-state index in [4.69, 9.17) is 4.42 Å². The first-order chi connectivity index (χ1) is 12.9. The topological polar surface area (TPSA) is 85.4 Å². The number of furan rings is 1. The van der Waals surface area contributed by atoms with Crippen molar-refractivity contribution >= 4 is 23.4 Å². The van der Waals surface area contributed by atoms with E-state index < -0.39 is 4.92 Å². The van der Waals surface area contributed by atoms with Crippen LogP contribution in [0.3, 0.4) is 0 Å². The number of carbonyl (C=O) groups excluding carboxylic acids is 1. The number of para-hydroxylation sites is 1. The van der Waals surface area contributed by atoms with Crippen LogP contribution < -0.4 is 5.32 Å². The highest BCUT2D eigenvalue weighted by atomic mass is 16.6. The number of nitrogens with one attached hydrogen (secondary N) is 1. The van der Waals surface area contributed by atoms with E-state index in [1.54, 1.807) is 30.3 Å². The number of rotatable bonds is 5. The fourth-order valence-corrected chi connectivity index (χ4v) is 2.63. The summed E-state index contributed by atoms with van der Waals surface area (Å²) in [5.41, 5.74) is 3.14. The summed E-state index contributed by atoms with van der Waals surface area (Å²) in [4.78, 5) is 22.8. The van der Waals surface area contributed by atoms with Crippen molar-refractivity contribution in [1.82, 2.24) is 0 Å². The van der Waals surface area contributed by atoms with Gasteiger partial charge in [-0.25, -0.2) is 0 Å². The van der Waals surface area contributed by atoms with Crippen LogP contribution in [0.5, 0.6) is 0 Å². The van der Waals surface area contributed by atoms with Gasteiger partial charge in [0.2, 0.25) is 5.91 Å². The maximum Gasteiger partial charge on any atom is 0.280 e. The normalized spacial score (nSPS) is 10.9. The summed E-state index contributed by atoms with van der Waals surface area (Å²) in [6.07, 6.45) is 2.89. The van der Waals surface area contributed by atoms with E-state index in [9.17, 15) is 14.9 Å². The van der Waals surface area contributed by atoms with Crippen LogP contribution in [0.15, 0.2) is 65.1 Å². The third-order valence-corrected chi connectivity index (χ3v) is 4.04. The minimum atomic E-state index is -0.453. The molecule has 1 amide bonds. The quantitative estimate of drug-likeness (QED) is 0.388. The fourth-order valence-electron chi connectivity index (χ4n) is 2.63. The lowest BCUT2D eigenvalue weighted by Crippen LogP contribution is -2.09. The van der Waals surface area contributed by atoms with Crippen molar-refractivity contribution < 1.29 is 14.1 Å². The van der Waals surface area contributed by atoms with Gasteiger partial charge < -0.3 is 9.73 Å². The van der Waals surface area contributed by atoms with Gasteiger partial charge in [-0.3, -0.25) is 14.9 Å². The van der Waals surface area contributed by atoms with E-state index in [0.717, 1.165) is 16.8 Å². The third kappa shape index (κ3) is 4.30. The van der Waals surface area contributed by atoms with E-state index in [1.807, 2.05) is 32.0 Å². The molecule has 3 rings (SSSR count). The smallest absolute Gasteiger partial charge is 0.280 e. The molecule has 6 nitrogen and oxygen atoms in total. The second-order valence-electron chi connectivity index (χ2n) is 6.12. The van der Waals surface area contributed by atoms with Crippen LogP contribution in [-0.2, 0) is 4.79 Å². The fraction of sp³-hybridized carbons (Fsp3) is 0.0952. The van der Waals surface area contributed by atoms with Crippen LogP contribution in [0.1, 0.15) is 16.9 Å². The van der Waals surface area contributed by atoms with Crippen LogP contribution in [-0.4, -0.2) is 10.8 Å². The van der Waals surface area contributed by atoms with Gasteiger partial charge in [0.15, 0.2) is 0 Å². The summed E-state index contributed by atoms with van der Waals surface area (Å²) in [6.45, 7) is 3.88. The van der Waals surface area contributed by atoms with Crippen molar-refractivity contribution in [3.63, 3.8) is 0 Å². The minimum Gasteiger partial charge on any atom is -0.456 e. The van der Waals surface area contributed by atoms with E-state index >= 15 is 0 Å². The molecule has 6 heteroatoms. The Balaban J connectivity index is 1.75. The summed E-state index contributed by atoms with van der Waals surface area (Å²) in [6, 6.07) is 15.5. The van der Waals surface area contributed by atoms with Crippen LogP contribution in [0.2, 0.25) is 0 Å². The molecule has 3 aromatic rings. The predicted octanol–water partition coefficient (Wildman–Crippen LogP) is 5.12. The lowest BCUT2D eigenvalue weighted by atomic mass is 10.1. The molecule has 27 heavy (non-hydrogen) atoms. The third-order valence-electron chi connectivity index (χ3n) is 4.04. The number of nitro benzene ring substituents is 1. The highest BCUT2D eigenvalue weighted by Gasteiger charge is 2.16. The van der Waals surface area contributed by atoms with Gasteiger partial charge in [0.25, 0.3) is 5.69 Å². The molecule has 0 saturated carbocycles. The van der Waals surface area contributed by atoms with E-state index in [-0.39, 0.29) is 11.6 Å². The van der Waals surface area contributed by atoms with Crippen molar-refractivity contribution in [2.24, 2.45) is 0 Å². The molecule has 0 radical (unpaired) electrons. The molecule has 0 fully saturated rings. The number of nitrogens with zero attached hydrogens (tertiary/aromatic N) is 1. The van der Waals surface area contributed by atoms with Gasteiger partial charge in [0, 0.05) is 17.8 Å². The molecule has 136 valence electrons. The first kappa shape index (κ1) is 18.1. The lowest BCUT2D eigenvalue weighted by molar-refractivity contribution is -0.384. The maximum atomic E-state index is 12.1. The van der Waals surface area contributed by atoms with Crippen molar-refractivity contribution in [2.45, 2.75) is 13.8 Å². The van der Waals surface area contributed by atoms with Crippen LogP contribution in [0.4, 0.5) is 11.4 Å². The largest absolute Gasteiger partial charge is 0.456 e. The zero-order valence-corrected chi connectivity index (χ0v) is 14.9. The van der Waals surface area contributed by atoms with Gasteiger partial charge in [0.1, 0.15) is 11.5 Å². The summed E-state index contributed by atoms with van der Waals surface area (Å²) >= 11 is 0. The first-order valence-corrected chi connectivity index (χ1v) is 8.34.